The molecule has 5 nitrogen and oxygen atoms in total. The van der Waals surface area contributed by atoms with Gasteiger partial charge in [0.15, 0.2) is 0 Å². The van der Waals surface area contributed by atoms with Crippen molar-refractivity contribution in [1.29, 1.82) is 0 Å². The van der Waals surface area contributed by atoms with Crippen molar-refractivity contribution in [1.82, 2.24) is 4.98 Å². The van der Waals surface area contributed by atoms with Gasteiger partial charge in [-0.15, -0.1) is 0 Å². The minimum Gasteiger partial charge on any atom is -0.493 e. The number of pyridine rings is 1. The maximum atomic E-state index is 15.0. The highest BCUT2D eigenvalue weighted by molar-refractivity contribution is 5.73. The van der Waals surface area contributed by atoms with Gasteiger partial charge in [0.2, 0.25) is 5.88 Å². The molecule has 3 unspecified atom stereocenters. The summed E-state index contributed by atoms with van der Waals surface area (Å²) in [7, 11) is 0. The first-order valence-corrected chi connectivity index (χ1v) is 12.8. The molecule has 0 bridgehead atoms. The van der Waals surface area contributed by atoms with E-state index in [1.807, 2.05) is 26.1 Å². The van der Waals surface area contributed by atoms with Crippen molar-refractivity contribution in [2.45, 2.75) is 71.2 Å². The van der Waals surface area contributed by atoms with Gasteiger partial charge in [0.05, 0.1) is 18.3 Å². The van der Waals surface area contributed by atoms with Gasteiger partial charge >= 0.3 is 0 Å². The number of rotatable bonds is 9. The molecular weight excluding hydrogens is 476 g/mol. The van der Waals surface area contributed by atoms with Crippen molar-refractivity contribution in [3.8, 4) is 22.8 Å². The lowest BCUT2D eigenvalue weighted by Crippen LogP contribution is -2.36. The van der Waals surface area contributed by atoms with Crippen molar-refractivity contribution in [3.63, 3.8) is 0 Å². The van der Waals surface area contributed by atoms with E-state index in [9.17, 15) is 19.0 Å². The Bertz CT molecular complexity index is 1310. The average Bonchev–Trinajstić information content (AvgIpc) is 3.49. The van der Waals surface area contributed by atoms with Gasteiger partial charge < -0.3 is 19.7 Å². The topological polar surface area (TPSA) is 71.8 Å². The third-order valence-electron chi connectivity index (χ3n) is 7.57. The van der Waals surface area contributed by atoms with E-state index in [0.29, 0.717) is 28.7 Å². The SMILES string of the molecule is Cc1cc(OCCC(O)C(C)(C)O)cc(C)c1-c1cc(COc2cc3c(cn2)C2CC2C3)c(F)cc1F. The van der Waals surface area contributed by atoms with Crippen molar-refractivity contribution >= 4 is 0 Å². The molecule has 0 spiro atoms. The van der Waals surface area contributed by atoms with Gasteiger partial charge in [0, 0.05) is 35.9 Å². The number of aliphatic hydroxyl groups excluding tert-OH is 1. The molecule has 2 aromatic carbocycles. The summed E-state index contributed by atoms with van der Waals surface area (Å²) in [5.74, 6) is 1.11. The Morgan fingerprint density at radius 2 is 1.78 bits per heavy atom. The Morgan fingerprint density at radius 1 is 1.05 bits per heavy atom. The van der Waals surface area contributed by atoms with Crippen LogP contribution in [0.15, 0.2) is 36.5 Å². The second kappa shape index (κ2) is 9.69. The molecule has 5 rings (SSSR count). The zero-order valence-electron chi connectivity index (χ0n) is 21.6. The van der Waals surface area contributed by atoms with Crippen molar-refractivity contribution in [2.24, 2.45) is 5.92 Å². The highest BCUT2D eigenvalue weighted by Gasteiger charge is 2.45. The van der Waals surface area contributed by atoms with Crippen LogP contribution in [0.3, 0.4) is 0 Å². The highest BCUT2D eigenvalue weighted by atomic mass is 19.1. The predicted molar refractivity (Wildman–Crippen MR) is 137 cm³/mol. The molecule has 0 amide bonds. The smallest absolute Gasteiger partial charge is 0.213 e. The third-order valence-corrected chi connectivity index (χ3v) is 7.57. The second-order valence-electron chi connectivity index (χ2n) is 11.0. The molecule has 3 aromatic rings. The Hall–Kier alpha value is -3.03. The van der Waals surface area contributed by atoms with E-state index in [2.05, 4.69) is 4.98 Å². The zero-order valence-corrected chi connectivity index (χ0v) is 21.6. The fourth-order valence-corrected chi connectivity index (χ4v) is 5.33. The minimum atomic E-state index is -1.21. The van der Waals surface area contributed by atoms with Crippen LogP contribution in [0.5, 0.6) is 11.6 Å². The quantitative estimate of drug-likeness (QED) is 0.383. The molecule has 0 aliphatic heterocycles. The normalized spacial score (nSPS) is 18.8. The van der Waals surface area contributed by atoms with E-state index in [1.54, 1.807) is 26.0 Å². The van der Waals surface area contributed by atoms with Crippen LogP contribution in [0.4, 0.5) is 8.78 Å². The van der Waals surface area contributed by atoms with E-state index >= 15 is 0 Å². The molecule has 3 atom stereocenters. The third kappa shape index (κ3) is 5.34. The number of ether oxygens (including phenoxy) is 2. The van der Waals surface area contributed by atoms with E-state index in [-0.39, 0.29) is 25.2 Å². The van der Waals surface area contributed by atoms with Gasteiger partial charge in [-0.25, -0.2) is 13.8 Å². The number of nitrogens with zero attached hydrogens (tertiary/aromatic N) is 1. The maximum absolute atomic E-state index is 15.0. The van der Waals surface area contributed by atoms with Crippen LogP contribution in [-0.2, 0) is 13.0 Å². The number of hydrogen-bond donors (Lipinski definition) is 2. The molecule has 0 radical (unpaired) electrons. The van der Waals surface area contributed by atoms with E-state index in [4.69, 9.17) is 9.47 Å². The van der Waals surface area contributed by atoms with Crippen LogP contribution in [0.1, 0.15) is 60.4 Å². The Labute approximate surface area is 216 Å². The fraction of sp³-hybridized carbons (Fsp3) is 0.433. The summed E-state index contributed by atoms with van der Waals surface area (Å²) in [4.78, 5) is 4.39. The van der Waals surface area contributed by atoms with Crippen LogP contribution in [-0.4, -0.2) is 33.5 Å². The number of benzene rings is 2. The van der Waals surface area contributed by atoms with Crippen LogP contribution in [0.2, 0.25) is 0 Å². The molecule has 0 saturated heterocycles. The number of aliphatic hydroxyl groups is 2. The lowest BCUT2D eigenvalue weighted by atomic mass is 9.93. The van der Waals surface area contributed by atoms with Crippen LogP contribution in [0, 0.1) is 31.4 Å². The molecule has 1 saturated carbocycles. The zero-order chi connectivity index (χ0) is 26.5. The Morgan fingerprint density at radius 3 is 2.49 bits per heavy atom. The van der Waals surface area contributed by atoms with Gasteiger partial charge in [0.1, 0.15) is 24.0 Å². The second-order valence-corrected chi connectivity index (χ2v) is 11.0. The van der Waals surface area contributed by atoms with Crippen molar-refractivity contribution in [3.05, 3.63) is 76.0 Å². The first-order valence-electron chi connectivity index (χ1n) is 12.8. The first kappa shape index (κ1) is 25.6. The van der Waals surface area contributed by atoms with Crippen LogP contribution < -0.4 is 9.47 Å². The van der Waals surface area contributed by atoms with Gasteiger partial charge in [0.25, 0.3) is 0 Å². The molecule has 2 aliphatic rings. The molecular formula is C30H33F2NO4. The van der Waals surface area contributed by atoms with Crippen molar-refractivity contribution in [2.75, 3.05) is 6.61 Å². The molecule has 1 heterocycles. The molecule has 2 aliphatic carbocycles. The summed E-state index contributed by atoms with van der Waals surface area (Å²) >= 11 is 0. The average molecular weight is 510 g/mol. The minimum absolute atomic E-state index is 0.0550. The van der Waals surface area contributed by atoms with E-state index in [0.717, 1.165) is 29.5 Å². The van der Waals surface area contributed by atoms with Gasteiger partial charge in [-0.1, -0.05) is 0 Å². The maximum Gasteiger partial charge on any atom is 0.213 e. The number of fused-ring (bicyclic) bond motifs is 3. The molecule has 1 fully saturated rings. The lowest BCUT2D eigenvalue weighted by molar-refractivity contribution is -0.0557. The molecule has 2 N–H and O–H groups in total. The summed E-state index contributed by atoms with van der Waals surface area (Å²) in [5, 5.41) is 19.9. The molecule has 7 heteroatoms. The van der Waals surface area contributed by atoms with Crippen LogP contribution in [0.25, 0.3) is 11.1 Å². The van der Waals surface area contributed by atoms with Crippen molar-refractivity contribution < 1.29 is 28.5 Å². The molecule has 1 aromatic heterocycles. The standard InChI is InChI=1S/C30H33F2NO4/c1-16-7-21(36-6-5-27(34)30(3,4)35)8-17(2)29(16)23-11-20(25(31)13-26(23)32)15-37-28-12-19-9-18-10-22(18)24(19)14-33-28/h7-8,11-14,18,22,27,34-35H,5-6,9-10,15H2,1-4H3. The largest absolute Gasteiger partial charge is 0.493 e. The molecule has 37 heavy (non-hydrogen) atoms. The summed E-state index contributed by atoms with van der Waals surface area (Å²) in [6.45, 7) is 6.94. The monoisotopic (exact) mass is 509 g/mol. The van der Waals surface area contributed by atoms with Gasteiger partial charge in [-0.2, -0.15) is 0 Å². The number of aromatic nitrogens is 1. The van der Waals surface area contributed by atoms with Gasteiger partial charge in [-0.05, 0) is 98.4 Å². The summed E-state index contributed by atoms with van der Waals surface area (Å²) in [6, 6.07) is 7.92. The van der Waals surface area contributed by atoms with E-state index in [1.165, 1.54) is 23.6 Å². The summed E-state index contributed by atoms with van der Waals surface area (Å²) in [6.07, 6.45) is 3.51. The number of halogens is 2. The number of hydrogen-bond acceptors (Lipinski definition) is 5. The highest BCUT2D eigenvalue weighted by Crippen LogP contribution is 2.56. The Kier molecular flexibility index (Phi) is 6.71. The van der Waals surface area contributed by atoms with E-state index < -0.39 is 23.3 Å². The van der Waals surface area contributed by atoms with Crippen LogP contribution >= 0.6 is 0 Å². The first-order chi connectivity index (χ1) is 17.5. The summed E-state index contributed by atoms with van der Waals surface area (Å²) < 4.78 is 41.2. The number of aryl methyl sites for hydroxylation is 2. The summed E-state index contributed by atoms with van der Waals surface area (Å²) in [5.41, 5.74) is 4.11. The van der Waals surface area contributed by atoms with Gasteiger partial charge in [-0.3, -0.25) is 0 Å². The Balaban J connectivity index is 1.31. The lowest BCUT2D eigenvalue weighted by Gasteiger charge is -2.24. The molecule has 196 valence electrons. The predicted octanol–water partition coefficient (Wildman–Crippen LogP) is 5.78. The fourth-order valence-electron chi connectivity index (χ4n) is 5.33.